The summed E-state index contributed by atoms with van der Waals surface area (Å²) in [6.07, 6.45) is -3.78. The van der Waals surface area contributed by atoms with Crippen molar-refractivity contribution in [3.05, 3.63) is 46.5 Å². The number of carboxylic acid groups (broad SMARTS) is 1. The molecule has 1 aromatic heterocycles. The highest BCUT2D eigenvalue weighted by atomic mass is 35.5. The molecule has 1 aliphatic carbocycles. The zero-order valence-electron chi connectivity index (χ0n) is 22.7. The van der Waals surface area contributed by atoms with Gasteiger partial charge in [-0.2, -0.15) is 13.2 Å². The summed E-state index contributed by atoms with van der Waals surface area (Å²) < 4.78 is 47.4. The molecule has 216 valence electrons. The van der Waals surface area contributed by atoms with Gasteiger partial charge in [-0.15, -0.1) is 0 Å². The molecule has 0 atom stereocenters. The lowest BCUT2D eigenvalue weighted by Gasteiger charge is -2.31. The van der Waals surface area contributed by atoms with Crippen LogP contribution < -0.4 is 15.4 Å². The van der Waals surface area contributed by atoms with Gasteiger partial charge in [0.1, 0.15) is 5.75 Å². The van der Waals surface area contributed by atoms with Crippen molar-refractivity contribution in [3.63, 3.8) is 0 Å². The number of fused-ring (bicyclic) bond motifs is 1. The largest absolute Gasteiger partial charge is 0.495 e. The molecule has 0 saturated heterocycles. The molecule has 3 aromatic rings. The molecule has 0 radical (unpaired) electrons. The summed E-state index contributed by atoms with van der Waals surface area (Å²) >= 11 is 6.28. The topological polar surface area (TPSA) is 105 Å². The minimum absolute atomic E-state index is 0.00541. The molecule has 3 N–H and O–H groups in total. The number of methoxy groups -OCH3 is 1. The molecule has 1 fully saturated rings. The molecule has 8 nitrogen and oxygen atoms in total. The second-order valence-electron chi connectivity index (χ2n) is 11.1. The number of aromatic nitrogens is 2. The lowest BCUT2D eigenvalue weighted by atomic mass is 9.85. The van der Waals surface area contributed by atoms with Crippen LogP contribution in [0.3, 0.4) is 0 Å². The SMILES string of the molecule is COc1ccc(CNC(=O)C(C)(C)C)cc1Nc1nc2cc(C(=O)O)c(Cl)cc2n1C1CCC(C(F)(F)F)CC1. The molecule has 2 aromatic carbocycles. The second kappa shape index (κ2) is 11.2. The Hall–Kier alpha value is -3.47. The number of hydrogen-bond acceptors (Lipinski definition) is 5. The molecule has 1 saturated carbocycles. The van der Waals surface area contributed by atoms with E-state index in [1.54, 1.807) is 16.7 Å². The zero-order valence-corrected chi connectivity index (χ0v) is 23.4. The van der Waals surface area contributed by atoms with Gasteiger partial charge in [-0.25, -0.2) is 9.78 Å². The van der Waals surface area contributed by atoms with Crippen LogP contribution in [0.25, 0.3) is 11.0 Å². The third-order valence-electron chi connectivity index (χ3n) is 7.18. The number of aromatic carboxylic acids is 1. The van der Waals surface area contributed by atoms with Crippen LogP contribution in [0.1, 0.15) is 68.4 Å². The fourth-order valence-corrected chi connectivity index (χ4v) is 5.17. The van der Waals surface area contributed by atoms with Crippen molar-refractivity contribution in [1.82, 2.24) is 14.9 Å². The number of anilines is 2. The average molecular weight is 581 g/mol. The van der Waals surface area contributed by atoms with Crippen LogP contribution in [0.2, 0.25) is 5.02 Å². The highest BCUT2D eigenvalue weighted by molar-refractivity contribution is 6.34. The third-order valence-corrected chi connectivity index (χ3v) is 7.49. The third kappa shape index (κ3) is 6.29. The summed E-state index contributed by atoms with van der Waals surface area (Å²) in [4.78, 5) is 28.7. The number of ether oxygens (including phenoxy) is 1. The minimum atomic E-state index is -4.25. The Labute approximate surface area is 234 Å². The first-order chi connectivity index (χ1) is 18.7. The number of carbonyl (C=O) groups excluding carboxylic acids is 1. The maximum Gasteiger partial charge on any atom is 0.391 e. The lowest BCUT2D eigenvalue weighted by molar-refractivity contribution is -0.183. The van der Waals surface area contributed by atoms with E-state index in [9.17, 15) is 27.9 Å². The summed E-state index contributed by atoms with van der Waals surface area (Å²) in [6, 6.07) is 7.87. The molecule has 1 amide bonds. The fraction of sp³-hybridized carbons (Fsp3) is 0.464. The Morgan fingerprint density at radius 1 is 1.12 bits per heavy atom. The molecular weight excluding hydrogens is 549 g/mol. The van der Waals surface area contributed by atoms with Gasteiger partial charge < -0.3 is 25.0 Å². The van der Waals surface area contributed by atoms with Gasteiger partial charge in [0.05, 0.1) is 40.3 Å². The number of nitrogens with zero attached hydrogens (tertiary/aromatic N) is 2. The smallest absolute Gasteiger partial charge is 0.391 e. The molecule has 0 unspecified atom stereocenters. The first kappa shape index (κ1) is 29.5. The molecule has 0 aliphatic heterocycles. The molecule has 1 aliphatic rings. The van der Waals surface area contributed by atoms with Gasteiger partial charge in [-0.3, -0.25) is 4.79 Å². The highest BCUT2D eigenvalue weighted by Crippen LogP contribution is 2.44. The Kier molecular flexibility index (Phi) is 8.26. The number of halogens is 4. The van der Waals surface area contributed by atoms with Gasteiger partial charge >= 0.3 is 12.1 Å². The van der Waals surface area contributed by atoms with Crippen molar-refractivity contribution in [2.75, 3.05) is 12.4 Å². The number of carboxylic acids is 1. The zero-order chi connectivity index (χ0) is 29.4. The summed E-state index contributed by atoms with van der Waals surface area (Å²) in [5.41, 5.74) is 1.48. The summed E-state index contributed by atoms with van der Waals surface area (Å²) in [5, 5.41) is 15.7. The van der Waals surface area contributed by atoms with Crippen molar-refractivity contribution in [2.24, 2.45) is 11.3 Å². The first-order valence-corrected chi connectivity index (χ1v) is 13.3. The molecule has 12 heteroatoms. The molecule has 40 heavy (non-hydrogen) atoms. The number of imidazole rings is 1. The molecule has 4 rings (SSSR count). The van der Waals surface area contributed by atoms with Crippen LogP contribution in [-0.4, -0.2) is 39.8 Å². The Morgan fingerprint density at radius 2 is 1.80 bits per heavy atom. The Morgan fingerprint density at radius 3 is 2.38 bits per heavy atom. The summed E-state index contributed by atoms with van der Waals surface area (Å²) in [7, 11) is 1.50. The van der Waals surface area contributed by atoms with Gasteiger partial charge in [0.25, 0.3) is 0 Å². The summed E-state index contributed by atoms with van der Waals surface area (Å²) in [5.74, 6) is -1.89. The maximum atomic E-state index is 13.4. The quantitative estimate of drug-likeness (QED) is 0.275. The van der Waals surface area contributed by atoms with Crippen LogP contribution in [0.15, 0.2) is 30.3 Å². The van der Waals surface area contributed by atoms with Crippen LogP contribution in [0.5, 0.6) is 5.75 Å². The van der Waals surface area contributed by atoms with Gasteiger partial charge in [0, 0.05) is 18.0 Å². The number of amides is 1. The van der Waals surface area contributed by atoms with Crippen LogP contribution in [-0.2, 0) is 11.3 Å². The van der Waals surface area contributed by atoms with Gasteiger partial charge in [0.2, 0.25) is 11.9 Å². The number of alkyl halides is 3. The lowest BCUT2D eigenvalue weighted by Crippen LogP contribution is -2.34. The van der Waals surface area contributed by atoms with Crippen molar-refractivity contribution >= 4 is 46.1 Å². The van der Waals surface area contributed by atoms with E-state index in [4.69, 9.17) is 16.3 Å². The monoisotopic (exact) mass is 580 g/mol. The van der Waals surface area contributed by atoms with Crippen LogP contribution >= 0.6 is 11.6 Å². The number of carbonyl (C=O) groups is 2. The Bertz CT molecular complexity index is 1420. The van der Waals surface area contributed by atoms with Gasteiger partial charge in [0.15, 0.2) is 0 Å². The van der Waals surface area contributed by atoms with Crippen molar-refractivity contribution in [2.45, 2.75) is 65.2 Å². The average Bonchev–Trinajstić information content (AvgIpc) is 3.22. The normalized spacial score (nSPS) is 18.0. The highest BCUT2D eigenvalue weighted by Gasteiger charge is 2.42. The van der Waals surface area contributed by atoms with E-state index in [1.807, 2.05) is 26.8 Å². The molecule has 0 bridgehead atoms. The molecule has 1 heterocycles. The van der Waals surface area contributed by atoms with Gasteiger partial charge in [-0.05, 0) is 55.5 Å². The predicted octanol–water partition coefficient (Wildman–Crippen LogP) is 7.10. The van der Waals surface area contributed by atoms with E-state index in [2.05, 4.69) is 15.6 Å². The van der Waals surface area contributed by atoms with E-state index in [-0.39, 0.29) is 54.8 Å². The Balaban J connectivity index is 1.73. The van der Waals surface area contributed by atoms with Gasteiger partial charge in [-0.1, -0.05) is 38.4 Å². The predicted molar refractivity (Wildman–Crippen MR) is 146 cm³/mol. The maximum absolute atomic E-state index is 13.4. The number of hydrogen-bond donors (Lipinski definition) is 3. The second-order valence-corrected chi connectivity index (χ2v) is 11.5. The van der Waals surface area contributed by atoms with Crippen molar-refractivity contribution in [3.8, 4) is 5.75 Å². The standard InChI is InChI=1S/C28H32ClF3N4O4/c1-27(2,3)25(39)33-14-15-5-10-23(40-4)21(11-15)35-26-34-20-12-18(24(37)38)19(29)13-22(20)36(26)17-8-6-16(7-9-17)28(30,31)32/h5,10-13,16-17H,6-9,14H2,1-4H3,(H,33,39)(H,34,35)(H,37,38). The van der Waals surface area contributed by atoms with Crippen molar-refractivity contribution in [1.29, 1.82) is 0 Å². The van der Waals surface area contributed by atoms with Crippen molar-refractivity contribution < 1.29 is 32.6 Å². The van der Waals surface area contributed by atoms with Crippen LogP contribution in [0, 0.1) is 11.3 Å². The van der Waals surface area contributed by atoms with E-state index < -0.39 is 23.5 Å². The van der Waals surface area contributed by atoms with E-state index in [0.29, 0.717) is 28.4 Å². The fourth-order valence-electron chi connectivity index (χ4n) is 4.93. The summed E-state index contributed by atoms with van der Waals surface area (Å²) in [6.45, 7) is 5.72. The minimum Gasteiger partial charge on any atom is -0.495 e. The number of benzene rings is 2. The molecular formula is C28H32ClF3N4O4. The van der Waals surface area contributed by atoms with Crippen LogP contribution in [0.4, 0.5) is 24.8 Å². The molecule has 0 spiro atoms. The van der Waals surface area contributed by atoms with E-state index in [1.165, 1.54) is 19.2 Å². The number of rotatable bonds is 7. The van der Waals surface area contributed by atoms with E-state index in [0.717, 1.165) is 5.56 Å². The van der Waals surface area contributed by atoms with E-state index >= 15 is 0 Å². The first-order valence-electron chi connectivity index (χ1n) is 12.9. The number of nitrogens with one attached hydrogen (secondary N) is 2.